The third-order valence-electron chi connectivity index (χ3n) is 12.3. The van der Waals surface area contributed by atoms with E-state index < -0.39 is 102 Å². The molecule has 0 bridgehead atoms. The minimum absolute atomic E-state index is 0.111. The molecule has 0 aliphatic carbocycles. The molecule has 0 saturated carbocycles. The van der Waals surface area contributed by atoms with Gasteiger partial charge in [0.05, 0.1) is 47.6 Å². The minimum atomic E-state index is -1.96. The molecule has 18 atom stereocenters. The Labute approximate surface area is 310 Å². The van der Waals surface area contributed by atoms with E-state index >= 15 is 0 Å². The number of aliphatic hydroxyl groups excluding tert-OH is 3. The maximum absolute atomic E-state index is 14.2. The van der Waals surface area contributed by atoms with Gasteiger partial charge in [0.15, 0.2) is 12.6 Å². The Morgan fingerprint density at radius 3 is 1.98 bits per heavy atom. The molecule has 304 valence electrons. The standard InChI is InChI=1S/C38H69NO13/c1-15-26-38(10,45)31(42)21(4)28(40)19(2)17-37(9,47-14)33(52-35-29(41)25(39(11)12)16-20(3)48-35)22(5)30(23(6)34(44)50-26)51-27-18-36(8,46-13)32(43)24(7)49-27/h19-27,29-33,35,41-43,45H,15-18H2,1-14H3/t19-,20-,21+,22+,23-,24+,25+,26-,27+,29-,30-,31-,32+,33-,35+,36-,37-,38-/m1/s1. The van der Waals surface area contributed by atoms with Crippen molar-refractivity contribution in [2.75, 3.05) is 28.3 Å². The molecule has 0 unspecified atom stereocenters. The van der Waals surface area contributed by atoms with Gasteiger partial charge in [-0.25, -0.2) is 0 Å². The van der Waals surface area contributed by atoms with Crippen LogP contribution in [0, 0.1) is 23.7 Å². The second-order valence-electron chi connectivity index (χ2n) is 16.6. The molecular weight excluding hydrogens is 678 g/mol. The van der Waals surface area contributed by atoms with Crippen molar-refractivity contribution in [1.82, 2.24) is 4.90 Å². The summed E-state index contributed by atoms with van der Waals surface area (Å²) in [6.07, 6.45) is -8.73. The number of ketones is 1. The molecule has 0 aromatic rings. The summed E-state index contributed by atoms with van der Waals surface area (Å²) in [7, 11) is 6.77. The van der Waals surface area contributed by atoms with E-state index in [1.54, 1.807) is 48.5 Å². The number of Topliss-reactive ketones (excluding diaryl/α,β-unsaturated/α-hetero) is 1. The van der Waals surface area contributed by atoms with Crippen molar-refractivity contribution in [3.63, 3.8) is 0 Å². The van der Waals surface area contributed by atoms with Crippen LogP contribution < -0.4 is 0 Å². The molecule has 0 aromatic carbocycles. The number of hydrogen-bond donors (Lipinski definition) is 4. The van der Waals surface area contributed by atoms with Gasteiger partial charge in [-0.15, -0.1) is 0 Å². The Bertz CT molecular complexity index is 1190. The Balaban J connectivity index is 2.22. The van der Waals surface area contributed by atoms with Gasteiger partial charge < -0.3 is 58.5 Å². The molecule has 0 spiro atoms. The number of rotatable bonds is 8. The molecule has 0 radical (unpaired) electrons. The first-order chi connectivity index (χ1) is 24.0. The lowest BCUT2D eigenvalue weighted by molar-refractivity contribution is -0.319. The monoisotopic (exact) mass is 747 g/mol. The zero-order valence-electron chi connectivity index (χ0n) is 33.9. The Kier molecular flexibility index (Phi) is 15.3. The molecule has 3 fully saturated rings. The molecule has 52 heavy (non-hydrogen) atoms. The van der Waals surface area contributed by atoms with Crippen LogP contribution in [0.15, 0.2) is 0 Å². The molecule has 3 aliphatic heterocycles. The summed E-state index contributed by atoms with van der Waals surface area (Å²) in [6.45, 7) is 17.1. The van der Waals surface area contributed by atoms with Crippen molar-refractivity contribution < 1.29 is 63.2 Å². The zero-order valence-corrected chi connectivity index (χ0v) is 33.9. The van der Waals surface area contributed by atoms with Gasteiger partial charge in [-0.1, -0.05) is 27.7 Å². The maximum Gasteiger partial charge on any atom is 0.311 e. The predicted molar refractivity (Wildman–Crippen MR) is 191 cm³/mol. The van der Waals surface area contributed by atoms with Crippen molar-refractivity contribution in [2.24, 2.45) is 23.7 Å². The summed E-state index contributed by atoms with van der Waals surface area (Å²) >= 11 is 0. The average molecular weight is 748 g/mol. The molecular formula is C38H69NO13. The van der Waals surface area contributed by atoms with Crippen LogP contribution in [0.3, 0.4) is 0 Å². The van der Waals surface area contributed by atoms with Crippen molar-refractivity contribution in [3.05, 3.63) is 0 Å². The van der Waals surface area contributed by atoms with Gasteiger partial charge in [0.25, 0.3) is 0 Å². The number of ether oxygens (including phenoxy) is 7. The smallest absolute Gasteiger partial charge is 0.311 e. The number of carbonyl (C=O) groups excluding carboxylic acids is 2. The van der Waals surface area contributed by atoms with Gasteiger partial charge in [0, 0.05) is 44.4 Å². The minimum Gasteiger partial charge on any atom is -0.459 e. The molecule has 3 aliphatic rings. The van der Waals surface area contributed by atoms with Crippen molar-refractivity contribution in [2.45, 2.75) is 179 Å². The second-order valence-corrected chi connectivity index (χ2v) is 16.6. The van der Waals surface area contributed by atoms with E-state index in [9.17, 15) is 30.0 Å². The number of cyclic esters (lactones) is 1. The first kappa shape index (κ1) is 45.1. The lowest BCUT2D eigenvalue weighted by atomic mass is 9.74. The third-order valence-corrected chi connectivity index (χ3v) is 12.3. The van der Waals surface area contributed by atoms with Crippen LogP contribution in [0.4, 0.5) is 0 Å². The number of carbonyl (C=O) groups is 2. The molecule has 0 aromatic heterocycles. The van der Waals surface area contributed by atoms with Gasteiger partial charge in [-0.3, -0.25) is 9.59 Å². The first-order valence-electron chi connectivity index (χ1n) is 18.9. The summed E-state index contributed by atoms with van der Waals surface area (Å²) in [5.74, 6) is -4.47. The van der Waals surface area contributed by atoms with Crippen molar-refractivity contribution >= 4 is 11.8 Å². The fourth-order valence-corrected chi connectivity index (χ4v) is 8.58. The summed E-state index contributed by atoms with van der Waals surface area (Å²) in [6, 6.07) is -0.283. The van der Waals surface area contributed by atoms with E-state index in [0.29, 0.717) is 6.42 Å². The first-order valence-corrected chi connectivity index (χ1v) is 18.9. The number of hydrogen-bond acceptors (Lipinski definition) is 14. The maximum atomic E-state index is 14.2. The van der Waals surface area contributed by atoms with E-state index in [1.165, 1.54) is 21.1 Å². The molecule has 4 N–H and O–H groups in total. The summed E-state index contributed by atoms with van der Waals surface area (Å²) in [5, 5.41) is 45.6. The lowest BCUT2D eigenvalue weighted by Gasteiger charge is -2.50. The molecule has 0 amide bonds. The number of esters is 1. The Morgan fingerprint density at radius 2 is 1.44 bits per heavy atom. The van der Waals surface area contributed by atoms with E-state index in [0.717, 1.165) is 0 Å². The quantitative estimate of drug-likeness (QED) is 0.266. The SMILES string of the molecule is CC[C@H]1OC(=O)[C@H](C)[C@H](O[C@H]2C[C@@](C)(OC)[C@@H](O)[C@H](C)O2)[C@H](C)[C@@H](O[C@@H]2O[C@H](C)C[C@H](N(C)C)[C@H]2O)[C@](C)(OC)C[C@@H](C)C(=O)[C@H](C)[C@@H](O)[C@]1(C)O. The van der Waals surface area contributed by atoms with Crippen molar-refractivity contribution in [1.29, 1.82) is 0 Å². The van der Waals surface area contributed by atoms with Crippen LogP contribution in [-0.4, -0.2) is 150 Å². The summed E-state index contributed by atoms with van der Waals surface area (Å²) in [5.41, 5.74) is -4.24. The van der Waals surface area contributed by atoms with Gasteiger partial charge in [-0.05, 0) is 74.9 Å². The Hall–Kier alpha value is -1.30. The van der Waals surface area contributed by atoms with Crippen LogP contribution in [0.5, 0.6) is 0 Å². The van der Waals surface area contributed by atoms with Crippen LogP contribution in [0.2, 0.25) is 0 Å². The number of nitrogens with zero attached hydrogens (tertiary/aromatic N) is 1. The van der Waals surface area contributed by atoms with Gasteiger partial charge in [-0.2, -0.15) is 0 Å². The number of methoxy groups -OCH3 is 2. The molecule has 3 rings (SSSR count). The highest BCUT2D eigenvalue weighted by molar-refractivity contribution is 5.83. The van der Waals surface area contributed by atoms with Gasteiger partial charge >= 0.3 is 5.97 Å². The molecule has 3 saturated heterocycles. The van der Waals surface area contributed by atoms with E-state index in [1.807, 2.05) is 32.8 Å². The normalized spacial score (nSPS) is 49.0. The van der Waals surface area contributed by atoms with Crippen LogP contribution >= 0.6 is 0 Å². The fourth-order valence-electron chi connectivity index (χ4n) is 8.58. The highest BCUT2D eigenvalue weighted by atomic mass is 16.7. The lowest BCUT2D eigenvalue weighted by Crippen LogP contribution is -2.61. The number of aliphatic hydroxyl groups is 4. The summed E-state index contributed by atoms with van der Waals surface area (Å²) in [4.78, 5) is 30.1. The highest BCUT2D eigenvalue weighted by Crippen LogP contribution is 2.41. The van der Waals surface area contributed by atoms with Crippen LogP contribution in [-0.2, 0) is 42.7 Å². The molecule has 14 heteroatoms. The molecule has 3 heterocycles. The fraction of sp³-hybridized carbons (Fsp3) is 0.947. The average Bonchev–Trinajstić information content (AvgIpc) is 3.09. The predicted octanol–water partition coefficient (Wildman–Crippen LogP) is 2.44. The summed E-state index contributed by atoms with van der Waals surface area (Å²) < 4.78 is 43.9. The Morgan fingerprint density at radius 1 is 0.846 bits per heavy atom. The van der Waals surface area contributed by atoms with Gasteiger partial charge in [0.2, 0.25) is 0 Å². The van der Waals surface area contributed by atoms with E-state index in [-0.39, 0.29) is 37.2 Å². The van der Waals surface area contributed by atoms with E-state index in [4.69, 9.17) is 33.2 Å². The third kappa shape index (κ3) is 9.38. The molecule has 14 nitrogen and oxygen atoms in total. The van der Waals surface area contributed by atoms with Gasteiger partial charge in [0.1, 0.15) is 29.7 Å². The van der Waals surface area contributed by atoms with Crippen molar-refractivity contribution in [3.8, 4) is 0 Å². The second kappa shape index (κ2) is 17.7. The number of likely N-dealkylation sites (N-methyl/N-ethyl adjacent to an activating group) is 1. The highest BCUT2D eigenvalue weighted by Gasteiger charge is 2.54. The topological polar surface area (TPSA) is 183 Å². The van der Waals surface area contributed by atoms with Crippen LogP contribution in [0.25, 0.3) is 0 Å². The van der Waals surface area contributed by atoms with Crippen LogP contribution in [0.1, 0.15) is 94.9 Å². The largest absolute Gasteiger partial charge is 0.459 e. The van der Waals surface area contributed by atoms with E-state index in [2.05, 4.69) is 0 Å². The zero-order chi connectivity index (χ0) is 39.7.